The third kappa shape index (κ3) is 6.05. The van der Waals surface area contributed by atoms with Gasteiger partial charge in [0.05, 0.1) is 18.4 Å². The van der Waals surface area contributed by atoms with Crippen molar-refractivity contribution in [1.29, 1.82) is 0 Å². The van der Waals surface area contributed by atoms with Crippen molar-refractivity contribution in [3.63, 3.8) is 0 Å². The minimum atomic E-state index is -4.52. The third-order valence-corrected chi connectivity index (χ3v) is 7.19. The lowest BCUT2D eigenvalue weighted by Crippen LogP contribution is -2.42. The third-order valence-electron chi connectivity index (χ3n) is 7.19. The van der Waals surface area contributed by atoms with Gasteiger partial charge in [0.15, 0.2) is 0 Å². The molecular formula is C30H36F3NO4. The van der Waals surface area contributed by atoms with E-state index < -0.39 is 23.1 Å². The molecular weight excluding hydrogens is 495 g/mol. The molecule has 3 rings (SSSR count). The SMILES string of the molecule is COc1cc(N2C=C(C(C)C)[C@](C)(c3ccc(CCC(C)(C)C)c(C(F)(F)F)c3)CC2=O)ccc1C(=O)O. The predicted molar refractivity (Wildman–Crippen MR) is 142 cm³/mol. The predicted octanol–water partition coefficient (Wildman–Crippen LogP) is 7.63. The molecule has 0 aliphatic carbocycles. The number of benzene rings is 2. The second kappa shape index (κ2) is 10.5. The Kier molecular flexibility index (Phi) is 8.06. The van der Waals surface area contributed by atoms with Crippen LogP contribution in [-0.2, 0) is 22.8 Å². The Labute approximate surface area is 222 Å². The standard InChI is InChI=1S/C30H36F3NO4/c1-18(2)24-17-34(21-10-11-22(27(36)37)25(15-21)38-7)26(35)16-29(24,6)20-9-8-19(12-13-28(3,4)5)23(14-20)30(31,32)33/h8-11,14-15,17-18H,12-13,16H2,1-7H3,(H,36,37)/t29-/m0/s1. The fourth-order valence-electron chi connectivity index (χ4n) is 5.03. The van der Waals surface area contributed by atoms with Crippen LogP contribution in [0.5, 0.6) is 5.75 Å². The summed E-state index contributed by atoms with van der Waals surface area (Å²) < 4.78 is 47.7. The van der Waals surface area contributed by atoms with E-state index in [1.165, 1.54) is 36.3 Å². The Morgan fingerprint density at radius 3 is 2.32 bits per heavy atom. The van der Waals surface area contributed by atoms with Crippen molar-refractivity contribution >= 4 is 17.6 Å². The average Bonchev–Trinajstić information content (AvgIpc) is 2.80. The number of carboxylic acid groups (broad SMARTS) is 1. The molecule has 2 aromatic rings. The zero-order chi connectivity index (χ0) is 28.6. The highest BCUT2D eigenvalue weighted by molar-refractivity contribution is 5.99. The van der Waals surface area contributed by atoms with Crippen molar-refractivity contribution in [3.8, 4) is 5.75 Å². The molecule has 206 valence electrons. The van der Waals surface area contributed by atoms with Gasteiger partial charge >= 0.3 is 12.1 Å². The number of alkyl halides is 3. The molecule has 0 unspecified atom stereocenters. The molecule has 1 atom stereocenters. The van der Waals surface area contributed by atoms with Crippen LogP contribution in [-0.4, -0.2) is 24.1 Å². The summed E-state index contributed by atoms with van der Waals surface area (Å²) in [6, 6.07) is 8.85. The van der Waals surface area contributed by atoms with Crippen LogP contribution in [0.25, 0.3) is 0 Å². The molecule has 0 fully saturated rings. The summed E-state index contributed by atoms with van der Waals surface area (Å²) in [5.74, 6) is -1.44. The minimum absolute atomic E-state index is 0.0372. The van der Waals surface area contributed by atoms with Gasteiger partial charge in [0.1, 0.15) is 11.3 Å². The van der Waals surface area contributed by atoms with Crippen LogP contribution in [0, 0.1) is 11.3 Å². The summed E-state index contributed by atoms with van der Waals surface area (Å²) in [7, 11) is 1.35. The van der Waals surface area contributed by atoms with Crippen LogP contribution in [0.3, 0.4) is 0 Å². The molecule has 8 heteroatoms. The lowest BCUT2D eigenvalue weighted by molar-refractivity contribution is -0.138. The number of anilines is 1. The zero-order valence-corrected chi connectivity index (χ0v) is 23.0. The molecule has 1 N–H and O–H groups in total. The number of carbonyl (C=O) groups excluding carboxylic acids is 1. The van der Waals surface area contributed by atoms with E-state index in [2.05, 4.69) is 0 Å². The molecule has 1 heterocycles. The van der Waals surface area contributed by atoms with Crippen molar-refractivity contribution < 1.29 is 32.6 Å². The van der Waals surface area contributed by atoms with Gasteiger partial charge in [-0.1, -0.05) is 53.7 Å². The molecule has 0 bridgehead atoms. The molecule has 5 nitrogen and oxygen atoms in total. The summed E-state index contributed by atoms with van der Waals surface area (Å²) in [5.41, 5.74) is 0.165. The minimum Gasteiger partial charge on any atom is -0.496 e. The van der Waals surface area contributed by atoms with Crippen molar-refractivity contribution in [1.82, 2.24) is 0 Å². The molecule has 1 aliphatic heterocycles. The van der Waals surface area contributed by atoms with Gasteiger partial charge in [-0.15, -0.1) is 0 Å². The second-order valence-electron chi connectivity index (χ2n) is 11.6. The molecule has 38 heavy (non-hydrogen) atoms. The van der Waals surface area contributed by atoms with Crippen molar-refractivity contribution in [3.05, 3.63) is 70.4 Å². The smallest absolute Gasteiger partial charge is 0.416 e. The van der Waals surface area contributed by atoms with E-state index in [9.17, 15) is 27.9 Å². The number of halogens is 3. The summed E-state index contributed by atoms with van der Waals surface area (Å²) in [4.78, 5) is 26.3. The van der Waals surface area contributed by atoms with E-state index in [4.69, 9.17) is 4.74 Å². The van der Waals surface area contributed by atoms with E-state index in [-0.39, 0.29) is 40.5 Å². The van der Waals surface area contributed by atoms with Crippen molar-refractivity contribution in [2.75, 3.05) is 12.0 Å². The fraction of sp³-hybridized carbons (Fsp3) is 0.467. The number of hydrogen-bond acceptors (Lipinski definition) is 3. The molecule has 0 radical (unpaired) electrons. The summed E-state index contributed by atoms with van der Waals surface area (Å²) in [5, 5.41) is 9.38. The summed E-state index contributed by atoms with van der Waals surface area (Å²) in [6.45, 7) is 11.7. The first-order valence-corrected chi connectivity index (χ1v) is 12.6. The van der Waals surface area contributed by atoms with Gasteiger partial charge in [0.2, 0.25) is 5.91 Å². The number of allylic oxidation sites excluding steroid dienone is 1. The van der Waals surface area contributed by atoms with Gasteiger partial charge in [0.25, 0.3) is 0 Å². The quantitative estimate of drug-likeness (QED) is 0.399. The molecule has 2 aromatic carbocycles. The number of methoxy groups -OCH3 is 1. The number of amides is 1. The summed E-state index contributed by atoms with van der Waals surface area (Å²) >= 11 is 0. The maximum atomic E-state index is 14.2. The van der Waals surface area contributed by atoms with Crippen LogP contribution < -0.4 is 9.64 Å². The largest absolute Gasteiger partial charge is 0.496 e. The van der Waals surface area contributed by atoms with Gasteiger partial charge in [0, 0.05) is 24.1 Å². The Hall–Kier alpha value is -3.29. The van der Waals surface area contributed by atoms with E-state index >= 15 is 0 Å². The highest BCUT2D eigenvalue weighted by Gasteiger charge is 2.43. The zero-order valence-electron chi connectivity index (χ0n) is 23.0. The van der Waals surface area contributed by atoms with E-state index in [1.54, 1.807) is 18.3 Å². The van der Waals surface area contributed by atoms with Gasteiger partial charge < -0.3 is 9.84 Å². The molecule has 0 saturated carbocycles. The monoisotopic (exact) mass is 531 g/mol. The maximum absolute atomic E-state index is 14.2. The van der Waals surface area contributed by atoms with Gasteiger partial charge in [-0.25, -0.2) is 4.79 Å². The number of aromatic carboxylic acids is 1. The Bertz CT molecular complexity index is 1260. The second-order valence-corrected chi connectivity index (χ2v) is 11.6. The van der Waals surface area contributed by atoms with Gasteiger partial charge in [-0.3, -0.25) is 9.69 Å². The molecule has 0 saturated heterocycles. The fourth-order valence-corrected chi connectivity index (χ4v) is 5.03. The van der Waals surface area contributed by atoms with Crippen LogP contribution in [0.2, 0.25) is 0 Å². The number of carboxylic acids is 1. The Morgan fingerprint density at radius 2 is 1.79 bits per heavy atom. The summed E-state index contributed by atoms with van der Waals surface area (Å²) in [6.07, 6.45) is -1.97. The number of ether oxygens (including phenoxy) is 1. The van der Waals surface area contributed by atoms with E-state index in [1.807, 2.05) is 41.5 Å². The van der Waals surface area contributed by atoms with Gasteiger partial charge in [-0.05, 0) is 59.1 Å². The first kappa shape index (κ1) is 29.3. The van der Waals surface area contributed by atoms with E-state index in [0.717, 1.165) is 5.57 Å². The number of nitrogens with zero attached hydrogens (tertiary/aromatic N) is 1. The van der Waals surface area contributed by atoms with E-state index in [0.29, 0.717) is 24.1 Å². The van der Waals surface area contributed by atoms with Crippen molar-refractivity contribution in [2.24, 2.45) is 11.3 Å². The Balaban J connectivity index is 2.11. The molecule has 1 aliphatic rings. The Morgan fingerprint density at radius 1 is 1.13 bits per heavy atom. The number of aryl methyl sites for hydroxylation is 1. The first-order valence-electron chi connectivity index (χ1n) is 12.6. The molecule has 1 amide bonds. The average molecular weight is 532 g/mol. The molecule has 0 spiro atoms. The van der Waals surface area contributed by atoms with Crippen LogP contribution in [0.1, 0.15) is 81.4 Å². The van der Waals surface area contributed by atoms with Gasteiger partial charge in [-0.2, -0.15) is 13.2 Å². The van der Waals surface area contributed by atoms with Crippen LogP contribution >= 0.6 is 0 Å². The number of carbonyl (C=O) groups is 2. The van der Waals surface area contributed by atoms with Crippen LogP contribution in [0.4, 0.5) is 18.9 Å². The number of hydrogen-bond donors (Lipinski definition) is 1. The highest BCUT2D eigenvalue weighted by atomic mass is 19.4. The molecule has 0 aromatic heterocycles. The van der Waals surface area contributed by atoms with Crippen LogP contribution in [0.15, 0.2) is 48.2 Å². The van der Waals surface area contributed by atoms with Crippen molar-refractivity contribution in [2.45, 2.75) is 72.4 Å². The highest BCUT2D eigenvalue weighted by Crippen LogP contribution is 2.46. The maximum Gasteiger partial charge on any atom is 0.416 e. The lowest BCUT2D eigenvalue weighted by Gasteiger charge is -2.41. The topological polar surface area (TPSA) is 66.8 Å². The normalized spacial score (nSPS) is 18.6. The lowest BCUT2D eigenvalue weighted by atomic mass is 9.67. The number of rotatable bonds is 7. The first-order chi connectivity index (χ1) is 17.5.